The monoisotopic (exact) mass is 398 g/mol. The van der Waals surface area contributed by atoms with Crippen LogP contribution in [0.15, 0.2) is 54.6 Å². The summed E-state index contributed by atoms with van der Waals surface area (Å²) in [5, 5.41) is 2.87. The number of carbonyl (C=O) groups is 2. The summed E-state index contributed by atoms with van der Waals surface area (Å²) in [5.41, 5.74) is 3.39. The van der Waals surface area contributed by atoms with Crippen molar-refractivity contribution in [1.29, 1.82) is 0 Å². The fraction of sp³-hybridized carbons (Fsp3) is 0.391. The van der Waals surface area contributed by atoms with Crippen molar-refractivity contribution in [3.8, 4) is 0 Å². The highest BCUT2D eigenvalue weighted by atomic mass is 32.2. The number of hydrogen-bond donors (Lipinski definition) is 1. The topological polar surface area (TPSA) is 49.4 Å². The van der Waals surface area contributed by atoms with Crippen molar-refractivity contribution in [2.24, 2.45) is 0 Å². The third-order valence-electron chi connectivity index (χ3n) is 4.51. The molecule has 150 valence electrons. The largest absolute Gasteiger partial charge is 0.355 e. The number of amides is 2. The van der Waals surface area contributed by atoms with E-state index < -0.39 is 6.04 Å². The van der Waals surface area contributed by atoms with Gasteiger partial charge in [-0.2, -0.15) is 0 Å². The second kappa shape index (κ2) is 11.5. The van der Waals surface area contributed by atoms with Crippen LogP contribution in [-0.2, 0) is 21.9 Å². The molecule has 2 aromatic carbocycles. The van der Waals surface area contributed by atoms with Gasteiger partial charge in [-0.3, -0.25) is 9.59 Å². The van der Waals surface area contributed by atoms with E-state index in [9.17, 15) is 9.59 Å². The summed E-state index contributed by atoms with van der Waals surface area (Å²) in [6.45, 7) is 6.89. The number of thioether (sulfide) groups is 1. The van der Waals surface area contributed by atoms with Gasteiger partial charge >= 0.3 is 0 Å². The molecule has 4 nitrogen and oxygen atoms in total. The first-order chi connectivity index (χ1) is 13.5. The van der Waals surface area contributed by atoms with Crippen molar-refractivity contribution in [2.75, 3.05) is 12.3 Å². The molecule has 0 saturated carbocycles. The quantitative estimate of drug-likeness (QED) is 0.653. The Kier molecular flexibility index (Phi) is 9.08. The van der Waals surface area contributed by atoms with E-state index in [1.807, 2.05) is 57.2 Å². The number of benzene rings is 2. The van der Waals surface area contributed by atoms with Crippen molar-refractivity contribution < 1.29 is 9.59 Å². The Morgan fingerprint density at radius 3 is 2.39 bits per heavy atom. The first-order valence-electron chi connectivity index (χ1n) is 9.79. The molecule has 2 aromatic rings. The van der Waals surface area contributed by atoms with E-state index in [2.05, 4.69) is 23.5 Å². The molecule has 0 saturated heterocycles. The Bertz CT molecular complexity index is 764. The predicted molar refractivity (Wildman–Crippen MR) is 117 cm³/mol. The molecule has 2 rings (SSSR count). The van der Waals surface area contributed by atoms with Gasteiger partial charge in [-0.1, -0.05) is 67.1 Å². The zero-order chi connectivity index (χ0) is 20.4. The average molecular weight is 399 g/mol. The van der Waals surface area contributed by atoms with Crippen LogP contribution in [0.25, 0.3) is 0 Å². The SMILES string of the molecule is CCNC(=O)[C@@H](CC)N(Cc1cccc(C)c1)C(=O)CSCc1ccccc1. The number of carbonyl (C=O) groups excluding carboxylic acids is 2. The van der Waals surface area contributed by atoms with Crippen molar-refractivity contribution in [3.05, 3.63) is 71.3 Å². The molecular formula is C23H30N2O2S. The molecule has 1 N–H and O–H groups in total. The molecule has 5 heteroatoms. The first-order valence-corrected chi connectivity index (χ1v) is 10.9. The van der Waals surface area contributed by atoms with Gasteiger partial charge in [-0.05, 0) is 31.4 Å². The van der Waals surface area contributed by atoms with Gasteiger partial charge in [-0.15, -0.1) is 11.8 Å². The first kappa shape index (κ1) is 22.0. The van der Waals surface area contributed by atoms with Gasteiger partial charge in [0.25, 0.3) is 0 Å². The maximum atomic E-state index is 13.1. The molecule has 0 aliphatic heterocycles. The molecule has 0 unspecified atom stereocenters. The zero-order valence-corrected chi connectivity index (χ0v) is 17.8. The fourth-order valence-electron chi connectivity index (χ4n) is 3.13. The summed E-state index contributed by atoms with van der Waals surface area (Å²) in [5.74, 6) is 1.05. The van der Waals surface area contributed by atoms with Crippen molar-refractivity contribution >= 4 is 23.6 Å². The van der Waals surface area contributed by atoms with Gasteiger partial charge in [0.05, 0.1) is 5.75 Å². The van der Waals surface area contributed by atoms with Crippen LogP contribution in [0.5, 0.6) is 0 Å². The van der Waals surface area contributed by atoms with E-state index in [0.29, 0.717) is 25.3 Å². The average Bonchev–Trinajstić information content (AvgIpc) is 2.69. The molecule has 1 atom stereocenters. The number of rotatable bonds is 10. The van der Waals surface area contributed by atoms with Gasteiger partial charge < -0.3 is 10.2 Å². The highest BCUT2D eigenvalue weighted by Gasteiger charge is 2.28. The number of aryl methyl sites for hydroxylation is 1. The number of likely N-dealkylation sites (N-methyl/N-ethyl adjacent to an activating group) is 1. The van der Waals surface area contributed by atoms with Crippen LogP contribution in [-0.4, -0.2) is 35.1 Å². The maximum Gasteiger partial charge on any atom is 0.242 e. The molecule has 0 aromatic heterocycles. The van der Waals surface area contributed by atoms with Crippen LogP contribution < -0.4 is 5.32 Å². The second-order valence-corrected chi connectivity index (χ2v) is 7.79. The highest BCUT2D eigenvalue weighted by molar-refractivity contribution is 7.99. The minimum absolute atomic E-state index is 0.000500. The Morgan fingerprint density at radius 1 is 1.04 bits per heavy atom. The lowest BCUT2D eigenvalue weighted by Gasteiger charge is -2.30. The molecule has 2 amide bonds. The lowest BCUT2D eigenvalue weighted by molar-refractivity contribution is -0.139. The fourth-order valence-corrected chi connectivity index (χ4v) is 4.00. The minimum Gasteiger partial charge on any atom is -0.355 e. The molecule has 0 heterocycles. The normalized spacial score (nSPS) is 11.7. The van der Waals surface area contributed by atoms with E-state index in [0.717, 1.165) is 16.9 Å². The Balaban J connectivity index is 2.11. The lowest BCUT2D eigenvalue weighted by Crippen LogP contribution is -2.49. The van der Waals surface area contributed by atoms with Gasteiger partial charge in [0.1, 0.15) is 6.04 Å². The van der Waals surface area contributed by atoms with Crippen molar-refractivity contribution in [2.45, 2.75) is 45.5 Å². The van der Waals surface area contributed by atoms with Gasteiger partial charge in [0, 0.05) is 18.8 Å². The van der Waals surface area contributed by atoms with Crippen LogP contribution in [0, 0.1) is 6.92 Å². The summed E-state index contributed by atoms with van der Waals surface area (Å²) >= 11 is 1.59. The molecule has 0 aliphatic carbocycles. The van der Waals surface area contributed by atoms with Crippen LogP contribution >= 0.6 is 11.8 Å². The lowest BCUT2D eigenvalue weighted by atomic mass is 10.1. The summed E-state index contributed by atoms with van der Waals surface area (Å²) in [6, 6.07) is 17.8. The molecular weight excluding hydrogens is 368 g/mol. The van der Waals surface area contributed by atoms with E-state index in [-0.39, 0.29) is 11.8 Å². The molecule has 28 heavy (non-hydrogen) atoms. The van der Waals surface area contributed by atoms with Crippen molar-refractivity contribution in [1.82, 2.24) is 10.2 Å². The summed E-state index contributed by atoms with van der Waals surface area (Å²) in [4.78, 5) is 27.4. The number of nitrogens with one attached hydrogen (secondary N) is 1. The van der Waals surface area contributed by atoms with Crippen LogP contribution in [0.3, 0.4) is 0 Å². The number of hydrogen-bond acceptors (Lipinski definition) is 3. The van der Waals surface area contributed by atoms with E-state index in [4.69, 9.17) is 0 Å². The molecule has 0 fully saturated rings. The van der Waals surface area contributed by atoms with Crippen LogP contribution in [0.1, 0.15) is 37.0 Å². The van der Waals surface area contributed by atoms with Gasteiger partial charge in [0.15, 0.2) is 0 Å². The van der Waals surface area contributed by atoms with Crippen LogP contribution in [0.4, 0.5) is 0 Å². The molecule has 0 aliphatic rings. The summed E-state index contributed by atoms with van der Waals surface area (Å²) in [6.07, 6.45) is 0.590. The second-order valence-electron chi connectivity index (χ2n) is 6.81. The highest BCUT2D eigenvalue weighted by Crippen LogP contribution is 2.17. The summed E-state index contributed by atoms with van der Waals surface area (Å²) < 4.78 is 0. The predicted octanol–water partition coefficient (Wildman–Crippen LogP) is 4.17. The Morgan fingerprint density at radius 2 is 1.75 bits per heavy atom. The zero-order valence-electron chi connectivity index (χ0n) is 17.0. The molecule has 0 bridgehead atoms. The van der Waals surface area contributed by atoms with Gasteiger partial charge in [-0.25, -0.2) is 0 Å². The third kappa shape index (κ3) is 6.71. The molecule has 0 radical (unpaired) electrons. The third-order valence-corrected chi connectivity index (χ3v) is 5.50. The van der Waals surface area contributed by atoms with E-state index in [1.54, 1.807) is 16.7 Å². The molecule has 0 spiro atoms. The standard InChI is InChI=1S/C23H30N2O2S/c1-4-21(23(27)24-5-2)25(15-20-13-9-10-18(3)14-20)22(26)17-28-16-19-11-7-6-8-12-19/h6-14,21H,4-5,15-17H2,1-3H3,(H,24,27)/t21-/m1/s1. The minimum atomic E-state index is -0.453. The Hall–Kier alpha value is -2.27. The Labute approximate surface area is 172 Å². The van der Waals surface area contributed by atoms with E-state index >= 15 is 0 Å². The van der Waals surface area contributed by atoms with E-state index in [1.165, 1.54) is 5.56 Å². The van der Waals surface area contributed by atoms with Crippen LogP contribution in [0.2, 0.25) is 0 Å². The summed E-state index contributed by atoms with van der Waals surface area (Å²) in [7, 11) is 0. The smallest absolute Gasteiger partial charge is 0.242 e. The maximum absolute atomic E-state index is 13.1. The van der Waals surface area contributed by atoms with Crippen molar-refractivity contribution in [3.63, 3.8) is 0 Å². The van der Waals surface area contributed by atoms with Gasteiger partial charge in [0.2, 0.25) is 11.8 Å². The number of nitrogens with zero attached hydrogens (tertiary/aromatic N) is 1.